The van der Waals surface area contributed by atoms with E-state index in [9.17, 15) is 14.0 Å². The van der Waals surface area contributed by atoms with E-state index in [4.69, 9.17) is 4.74 Å². The van der Waals surface area contributed by atoms with Gasteiger partial charge in [0.1, 0.15) is 10.8 Å². The zero-order valence-electron chi connectivity index (χ0n) is 18.7. The number of carbonyl (C=O) groups is 2. The van der Waals surface area contributed by atoms with Gasteiger partial charge < -0.3 is 20.7 Å². The Bertz CT molecular complexity index is 1050. The normalized spacial score (nSPS) is 18.2. The summed E-state index contributed by atoms with van der Waals surface area (Å²) in [6, 6.07) is 4.87. The van der Waals surface area contributed by atoms with Gasteiger partial charge >= 0.3 is 0 Å². The molecule has 0 saturated carbocycles. The first-order chi connectivity index (χ1) is 15.7. The molecule has 2 amide bonds. The number of thiophene rings is 1. The van der Waals surface area contributed by atoms with E-state index >= 15 is 0 Å². The van der Waals surface area contributed by atoms with Gasteiger partial charge in [-0.05, 0) is 58.2 Å². The molecule has 1 fully saturated rings. The van der Waals surface area contributed by atoms with Crippen molar-refractivity contribution in [3.8, 4) is 0 Å². The van der Waals surface area contributed by atoms with Crippen LogP contribution in [0.1, 0.15) is 39.4 Å². The highest BCUT2D eigenvalue weighted by Gasteiger charge is 2.34. The second-order valence-electron chi connectivity index (χ2n) is 9.10. The molecule has 3 heterocycles. The number of fused-ring (bicyclic) bond motifs is 1. The molecule has 33 heavy (non-hydrogen) atoms. The lowest BCUT2D eigenvalue weighted by molar-refractivity contribution is 0.0383. The van der Waals surface area contributed by atoms with Crippen LogP contribution in [-0.2, 0) is 11.2 Å². The highest BCUT2D eigenvalue weighted by Crippen LogP contribution is 2.40. The van der Waals surface area contributed by atoms with Gasteiger partial charge in [0.05, 0.1) is 29.3 Å². The number of rotatable bonds is 6. The van der Waals surface area contributed by atoms with Gasteiger partial charge in [0.15, 0.2) is 0 Å². The number of benzene rings is 1. The lowest BCUT2D eigenvalue weighted by Gasteiger charge is -2.26. The Morgan fingerprint density at radius 2 is 2.09 bits per heavy atom. The molecule has 2 aliphatic rings. The summed E-state index contributed by atoms with van der Waals surface area (Å²) in [7, 11) is 0. The average molecular weight is 586 g/mol. The van der Waals surface area contributed by atoms with Crippen LogP contribution in [0.3, 0.4) is 0 Å². The molecule has 0 aliphatic carbocycles. The van der Waals surface area contributed by atoms with Crippen LogP contribution in [-0.4, -0.2) is 62.7 Å². The number of morpholine rings is 1. The van der Waals surface area contributed by atoms with Crippen molar-refractivity contribution in [3.63, 3.8) is 0 Å². The summed E-state index contributed by atoms with van der Waals surface area (Å²) >= 11 is 3.25. The van der Waals surface area contributed by atoms with E-state index in [0.717, 1.165) is 28.8 Å². The van der Waals surface area contributed by atoms with E-state index in [0.29, 0.717) is 48.2 Å². The fourth-order valence-corrected chi connectivity index (χ4v) is 5.64. The minimum atomic E-state index is -0.408. The van der Waals surface area contributed by atoms with Crippen molar-refractivity contribution >= 4 is 56.4 Å². The molecule has 0 unspecified atom stereocenters. The molecular formula is C23H28FIN4O3S. The van der Waals surface area contributed by atoms with Crippen LogP contribution in [0.15, 0.2) is 18.2 Å². The second-order valence-corrected chi connectivity index (χ2v) is 11.4. The van der Waals surface area contributed by atoms with Crippen molar-refractivity contribution in [2.75, 3.05) is 51.3 Å². The second kappa shape index (κ2) is 10.2. The Balaban J connectivity index is 1.63. The molecule has 2 aromatic rings. The zero-order chi connectivity index (χ0) is 23.6. The number of ether oxygens (including phenoxy) is 1. The summed E-state index contributed by atoms with van der Waals surface area (Å²) in [5.74, 6) is -0.854. The monoisotopic (exact) mass is 586 g/mol. The van der Waals surface area contributed by atoms with Gasteiger partial charge in [0.2, 0.25) is 0 Å². The summed E-state index contributed by atoms with van der Waals surface area (Å²) in [4.78, 5) is 28.9. The Labute approximate surface area is 210 Å². The standard InChI is InChI=1S/C23H28FIN4O3S/c1-23(2)12-15-18(20(30)26-5-6-29-7-9-32-10-8-29)22(33-19(15)21(31)27-13-23)28-17-4-3-14(25)11-16(17)24/h3-4,11,28H,5-10,12-13H2,1-2H3,(H,26,30)(H,27,31). The van der Waals surface area contributed by atoms with E-state index in [1.807, 2.05) is 0 Å². The number of hydrogen-bond donors (Lipinski definition) is 3. The predicted octanol–water partition coefficient (Wildman–Crippen LogP) is 3.61. The summed E-state index contributed by atoms with van der Waals surface area (Å²) in [5, 5.41) is 9.54. The SMILES string of the molecule is CC1(C)CNC(=O)c2sc(Nc3ccc(I)cc3F)c(C(=O)NCCN3CCOCC3)c2C1. The molecule has 0 radical (unpaired) electrons. The zero-order valence-corrected chi connectivity index (χ0v) is 21.7. The average Bonchev–Trinajstić information content (AvgIpc) is 3.06. The quantitative estimate of drug-likeness (QED) is 0.451. The smallest absolute Gasteiger partial charge is 0.261 e. The van der Waals surface area contributed by atoms with Gasteiger partial charge in [-0.1, -0.05) is 13.8 Å². The van der Waals surface area contributed by atoms with Crippen LogP contribution >= 0.6 is 33.9 Å². The third kappa shape index (κ3) is 5.84. The third-order valence-corrected chi connectivity index (χ3v) is 7.64. The lowest BCUT2D eigenvalue weighted by Crippen LogP contribution is -2.41. The fourth-order valence-electron chi connectivity index (χ4n) is 4.04. The largest absolute Gasteiger partial charge is 0.379 e. The van der Waals surface area contributed by atoms with Crippen molar-refractivity contribution in [1.82, 2.24) is 15.5 Å². The first kappa shape index (κ1) is 24.4. The fraction of sp³-hybridized carbons (Fsp3) is 0.478. The highest BCUT2D eigenvalue weighted by atomic mass is 127. The van der Waals surface area contributed by atoms with Crippen LogP contribution in [0, 0.1) is 14.8 Å². The molecule has 178 valence electrons. The number of amides is 2. The third-order valence-electron chi connectivity index (χ3n) is 5.82. The Morgan fingerprint density at radius 3 is 2.82 bits per heavy atom. The van der Waals surface area contributed by atoms with Crippen molar-refractivity contribution in [1.29, 1.82) is 0 Å². The summed E-state index contributed by atoms with van der Waals surface area (Å²) in [6.07, 6.45) is 0.570. The minimum absolute atomic E-state index is 0.195. The predicted molar refractivity (Wildman–Crippen MR) is 136 cm³/mol. The van der Waals surface area contributed by atoms with E-state index < -0.39 is 5.82 Å². The molecule has 7 nitrogen and oxygen atoms in total. The highest BCUT2D eigenvalue weighted by molar-refractivity contribution is 14.1. The van der Waals surface area contributed by atoms with E-state index in [1.54, 1.807) is 12.1 Å². The maximum atomic E-state index is 14.6. The summed E-state index contributed by atoms with van der Waals surface area (Å²) < 4.78 is 20.7. The van der Waals surface area contributed by atoms with Gasteiger partial charge in [-0.2, -0.15) is 0 Å². The van der Waals surface area contributed by atoms with Gasteiger partial charge in [-0.15, -0.1) is 11.3 Å². The maximum Gasteiger partial charge on any atom is 0.261 e. The number of anilines is 2. The molecule has 1 aromatic carbocycles. The number of hydrogen-bond acceptors (Lipinski definition) is 6. The topological polar surface area (TPSA) is 82.7 Å². The molecule has 3 N–H and O–H groups in total. The summed E-state index contributed by atoms with van der Waals surface area (Å²) in [6.45, 7) is 8.95. The van der Waals surface area contributed by atoms with Crippen LogP contribution < -0.4 is 16.0 Å². The van der Waals surface area contributed by atoms with Gasteiger partial charge in [-0.25, -0.2) is 4.39 Å². The van der Waals surface area contributed by atoms with Crippen LogP contribution in [0.5, 0.6) is 0 Å². The molecule has 2 aliphatic heterocycles. The van der Waals surface area contributed by atoms with E-state index in [2.05, 4.69) is 57.3 Å². The van der Waals surface area contributed by atoms with Crippen LogP contribution in [0.2, 0.25) is 0 Å². The molecule has 4 rings (SSSR count). The van der Waals surface area contributed by atoms with Crippen LogP contribution in [0.4, 0.5) is 15.1 Å². The summed E-state index contributed by atoms with van der Waals surface area (Å²) in [5.41, 5.74) is 1.21. The van der Waals surface area contributed by atoms with Crippen molar-refractivity contribution in [3.05, 3.63) is 43.6 Å². The van der Waals surface area contributed by atoms with E-state index in [1.165, 1.54) is 17.4 Å². The number of carbonyl (C=O) groups excluding carboxylic acids is 2. The number of halogens is 2. The molecule has 1 saturated heterocycles. The molecular weight excluding hydrogens is 558 g/mol. The van der Waals surface area contributed by atoms with Crippen LogP contribution in [0.25, 0.3) is 0 Å². The Morgan fingerprint density at radius 1 is 1.33 bits per heavy atom. The minimum Gasteiger partial charge on any atom is -0.379 e. The molecule has 0 bridgehead atoms. The Hall–Kier alpha value is -1.76. The van der Waals surface area contributed by atoms with Crippen molar-refractivity contribution in [2.24, 2.45) is 5.41 Å². The molecule has 0 spiro atoms. The lowest BCUT2D eigenvalue weighted by atomic mass is 9.85. The molecule has 1 aromatic heterocycles. The maximum absolute atomic E-state index is 14.6. The van der Waals surface area contributed by atoms with E-state index in [-0.39, 0.29) is 22.9 Å². The van der Waals surface area contributed by atoms with Gasteiger partial charge in [0.25, 0.3) is 11.8 Å². The number of nitrogens with one attached hydrogen (secondary N) is 3. The van der Waals surface area contributed by atoms with Crippen molar-refractivity contribution in [2.45, 2.75) is 20.3 Å². The van der Waals surface area contributed by atoms with Gasteiger partial charge in [0, 0.05) is 36.3 Å². The molecule has 10 heteroatoms. The van der Waals surface area contributed by atoms with Crippen molar-refractivity contribution < 1.29 is 18.7 Å². The van der Waals surface area contributed by atoms with Gasteiger partial charge in [-0.3, -0.25) is 14.5 Å². The molecule has 0 atom stereocenters. The first-order valence-electron chi connectivity index (χ1n) is 11.0. The first-order valence-corrected chi connectivity index (χ1v) is 12.9. The Kier molecular flexibility index (Phi) is 7.56. The number of nitrogens with zero attached hydrogens (tertiary/aromatic N) is 1.